The van der Waals surface area contributed by atoms with Crippen LogP contribution in [0.25, 0.3) is 11.3 Å². The molecule has 0 atom stereocenters. The lowest BCUT2D eigenvalue weighted by atomic mass is 9.96. The first-order valence-corrected chi connectivity index (χ1v) is 6.82. The van der Waals surface area contributed by atoms with Crippen LogP contribution in [0.4, 0.5) is 4.39 Å². The lowest BCUT2D eigenvalue weighted by molar-refractivity contribution is 0.0746. The lowest BCUT2D eigenvalue weighted by Gasteiger charge is -2.22. The summed E-state index contributed by atoms with van der Waals surface area (Å²) in [6.07, 6.45) is 0. The van der Waals surface area contributed by atoms with Gasteiger partial charge in [-0.1, -0.05) is 53.0 Å². The molecule has 0 bridgehead atoms. The van der Waals surface area contributed by atoms with Gasteiger partial charge in [0.1, 0.15) is 0 Å². The number of halogens is 3. The summed E-state index contributed by atoms with van der Waals surface area (Å²) in [5, 5.41) is 9.85. The third-order valence-electron chi connectivity index (χ3n) is 2.97. The van der Waals surface area contributed by atoms with Crippen molar-refractivity contribution in [2.75, 3.05) is 0 Å². The Bertz CT molecular complexity index is 648. The monoisotopic (exact) mass is 313 g/mol. The molecule has 0 amide bonds. The first-order valence-electron chi connectivity index (χ1n) is 6.06. The molecule has 2 rings (SSSR count). The van der Waals surface area contributed by atoms with Crippen molar-refractivity contribution in [2.24, 2.45) is 0 Å². The van der Waals surface area contributed by atoms with E-state index in [1.807, 2.05) is 31.2 Å². The number of aryl methyl sites for hydroxylation is 1. The van der Waals surface area contributed by atoms with Crippen LogP contribution in [0.5, 0.6) is 0 Å². The van der Waals surface area contributed by atoms with Crippen LogP contribution in [0.3, 0.4) is 0 Å². The molecule has 0 unspecified atom stereocenters. The van der Waals surface area contributed by atoms with Crippen molar-refractivity contribution in [3.8, 4) is 11.3 Å². The SMILES string of the molecule is Cc1ccc(-c2nc(Cl)c(F)c(C(C)(C)O)c2Cl)cc1. The van der Waals surface area contributed by atoms with Crippen molar-refractivity contribution < 1.29 is 9.50 Å². The van der Waals surface area contributed by atoms with Gasteiger partial charge < -0.3 is 5.11 Å². The van der Waals surface area contributed by atoms with Crippen LogP contribution in [-0.4, -0.2) is 10.1 Å². The largest absolute Gasteiger partial charge is 0.386 e. The van der Waals surface area contributed by atoms with E-state index < -0.39 is 11.4 Å². The van der Waals surface area contributed by atoms with Crippen LogP contribution < -0.4 is 0 Å². The molecular formula is C15H14Cl2FNO. The molecule has 0 saturated heterocycles. The van der Waals surface area contributed by atoms with Gasteiger partial charge in [0.15, 0.2) is 11.0 Å². The predicted octanol–water partition coefficient (Wildman–Crippen LogP) is 4.73. The van der Waals surface area contributed by atoms with Crippen LogP contribution in [0, 0.1) is 12.7 Å². The zero-order chi connectivity index (χ0) is 15.1. The van der Waals surface area contributed by atoms with Gasteiger partial charge in [-0.25, -0.2) is 9.37 Å². The molecule has 2 aromatic rings. The summed E-state index contributed by atoms with van der Waals surface area (Å²) in [7, 11) is 0. The van der Waals surface area contributed by atoms with Crippen LogP contribution in [0.1, 0.15) is 25.0 Å². The Balaban J connectivity index is 2.73. The molecule has 0 aliphatic carbocycles. The molecule has 0 fully saturated rings. The van der Waals surface area contributed by atoms with Crippen molar-refractivity contribution in [2.45, 2.75) is 26.4 Å². The Morgan fingerprint density at radius 2 is 1.70 bits per heavy atom. The quantitative estimate of drug-likeness (QED) is 0.813. The fourth-order valence-electron chi connectivity index (χ4n) is 1.95. The molecule has 5 heteroatoms. The van der Waals surface area contributed by atoms with Crippen LogP contribution >= 0.6 is 23.2 Å². The Morgan fingerprint density at radius 1 is 1.15 bits per heavy atom. The molecule has 1 aromatic carbocycles. The summed E-state index contributed by atoms with van der Waals surface area (Å²) in [5.41, 5.74) is 0.659. The highest BCUT2D eigenvalue weighted by Gasteiger charge is 2.29. The number of nitrogens with zero attached hydrogens (tertiary/aromatic N) is 1. The summed E-state index contributed by atoms with van der Waals surface area (Å²) in [4.78, 5) is 3.99. The van der Waals surface area contributed by atoms with E-state index in [2.05, 4.69) is 4.98 Å². The highest BCUT2D eigenvalue weighted by Crippen LogP contribution is 2.38. The number of rotatable bonds is 2. The van der Waals surface area contributed by atoms with Crippen molar-refractivity contribution in [1.29, 1.82) is 0 Å². The van der Waals surface area contributed by atoms with Crippen molar-refractivity contribution >= 4 is 23.2 Å². The van der Waals surface area contributed by atoms with Crippen molar-refractivity contribution in [1.82, 2.24) is 4.98 Å². The van der Waals surface area contributed by atoms with Crippen LogP contribution in [0.2, 0.25) is 10.2 Å². The van der Waals surface area contributed by atoms with Gasteiger partial charge >= 0.3 is 0 Å². The molecule has 1 aromatic heterocycles. The molecule has 20 heavy (non-hydrogen) atoms. The summed E-state index contributed by atoms with van der Waals surface area (Å²) >= 11 is 12.0. The lowest BCUT2D eigenvalue weighted by Crippen LogP contribution is -2.19. The number of aromatic nitrogens is 1. The highest BCUT2D eigenvalue weighted by molar-refractivity contribution is 6.35. The molecule has 106 valence electrons. The molecule has 1 heterocycles. The maximum atomic E-state index is 14.1. The van der Waals surface area contributed by atoms with E-state index in [4.69, 9.17) is 23.2 Å². The maximum absolute atomic E-state index is 14.1. The summed E-state index contributed by atoms with van der Waals surface area (Å²) < 4.78 is 14.1. The van der Waals surface area contributed by atoms with Gasteiger partial charge in [-0.15, -0.1) is 0 Å². The van der Waals surface area contributed by atoms with E-state index >= 15 is 0 Å². The highest BCUT2D eigenvalue weighted by atomic mass is 35.5. The van der Waals surface area contributed by atoms with Crippen molar-refractivity contribution in [3.63, 3.8) is 0 Å². The Kier molecular flexibility index (Phi) is 4.05. The first kappa shape index (κ1) is 15.2. The maximum Gasteiger partial charge on any atom is 0.168 e. The van der Waals surface area contributed by atoms with Crippen molar-refractivity contribution in [3.05, 3.63) is 51.4 Å². The number of hydrogen-bond donors (Lipinski definition) is 1. The number of benzene rings is 1. The van der Waals surface area contributed by atoms with Crippen LogP contribution in [0.15, 0.2) is 24.3 Å². The van der Waals surface area contributed by atoms with Gasteiger partial charge in [0.2, 0.25) is 0 Å². The second-order valence-corrected chi connectivity index (χ2v) is 5.92. The van der Waals surface area contributed by atoms with Gasteiger partial charge in [0.25, 0.3) is 0 Å². The number of hydrogen-bond acceptors (Lipinski definition) is 2. The van der Waals surface area contributed by atoms with E-state index in [1.54, 1.807) is 0 Å². The molecule has 0 spiro atoms. The van der Waals surface area contributed by atoms with Gasteiger partial charge in [-0.2, -0.15) is 0 Å². The molecule has 0 radical (unpaired) electrons. The van der Waals surface area contributed by atoms with E-state index in [1.165, 1.54) is 13.8 Å². The Hall–Kier alpha value is -1.16. The number of aliphatic hydroxyl groups is 1. The third-order valence-corrected chi connectivity index (χ3v) is 3.59. The smallest absolute Gasteiger partial charge is 0.168 e. The molecular weight excluding hydrogens is 300 g/mol. The summed E-state index contributed by atoms with van der Waals surface area (Å²) in [6.45, 7) is 4.86. The molecule has 0 aliphatic rings. The fourth-order valence-corrected chi connectivity index (χ4v) is 2.60. The summed E-state index contributed by atoms with van der Waals surface area (Å²) in [6, 6.07) is 7.45. The number of pyridine rings is 1. The fraction of sp³-hybridized carbons (Fsp3) is 0.267. The zero-order valence-corrected chi connectivity index (χ0v) is 12.8. The second kappa shape index (κ2) is 5.32. The average molecular weight is 314 g/mol. The second-order valence-electron chi connectivity index (χ2n) is 5.18. The van der Waals surface area contributed by atoms with Crippen LogP contribution in [-0.2, 0) is 5.60 Å². The molecule has 1 N–H and O–H groups in total. The molecule has 0 aliphatic heterocycles. The van der Waals surface area contributed by atoms with Gasteiger partial charge in [-0.3, -0.25) is 0 Å². The Labute approximate surface area is 127 Å². The molecule has 0 saturated carbocycles. The molecule has 2 nitrogen and oxygen atoms in total. The minimum absolute atomic E-state index is 0.0465. The van der Waals surface area contributed by atoms with E-state index in [9.17, 15) is 9.50 Å². The average Bonchev–Trinajstić information content (AvgIpc) is 2.33. The Morgan fingerprint density at radius 3 is 2.20 bits per heavy atom. The minimum Gasteiger partial charge on any atom is -0.386 e. The third kappa shape index (κ3) is 2.80. The zero-order valence-electron chi connectivity index (χ0n) is 11.3. The summed E-state index contributed by atoms with van der Waals surface area (Å²) in [5.74, 6) is -0.792. The van der Waals surface area contributed by atoms with Gasteiger partial charge in [-0.05, 0) is 20.8 Å². The van der Waals surface area contributed by atoms with E-state index in [-0.39, 0.29) is 15.7 Å². The topological polar surface area (TPSA) is 33.1 Å². The first-order chi connectivity index (χ1) is 9.21. The van der Waals surface area contributed by atoms with Gasteiger partial charge in [0, 0.05) is 11.1 Å². The van der Waals surface area contributed by atoms with Gasteiger partial charge in [0.05, 0.1) is 16.3 Å². The van der Waals surface area contributed by atoms with E-state index in [0.717, 1.165) is 5.56 Å². The normalized spacial score (nSPS) is 11.8. The van der Waals surface area contributed by atoms with E-state index in [0.29, 0.717) is 11.3 Å². The predicted molar refractivity (Wildman–Crippen MR) is 79.6 cm³/mol. The minimum atomic E-state index is -1.45. The standard InChI is InChI=1S/C15H14Cl2FNO/c1-8-4-6-9(7-5-8)13-11(16)10(15(2,3)20)12(18)14(17)19-13/h4-7,20H,1-3H3.